The van der Waals surface area contributed by atoms with Gasteiger partial charge in [0.15, 0.2) is 23.0 Å². The number of fused-ring (bicyclic) bond motifs is 4. The van der Waals surface area contributed by atoms with Gasteiger partial charge in [-0.05, 0) is 44.2 Å². The minimum Gasteiger partial charge on any atom is -0.493 e. The van der Waals surface area contributed by atoms with Gasteiger partial charge in [0.1, 0.15) is 0 Å². The second-order valence-corrected chi connectivity index (χ2v) is 10.8. The number of rotatable bonds is 9. The van der Waals surface area contributed by atoms with Crippen LogP contribution >= 0.6 is 0 Å². The summed E-state index contributed by atoms with van der Waals surface area (Å²) in [5.74, 6) is 1.97. The van der Waals surface area contributed by atoms with Gasteiger partial charge in [0, 0.05) is 38.0 Å². The normalized spacial score (nSPS) is 22.7. The van der Waals surface area contributed by atoms with Crippen LogP contribution in [0.5, 0.6) is 23.0 Å². The molecule has 0 bridgehead atoms. The molecule has 2 aromatic carbocycles. The number of nitrogens with one attached hydrogen (secondary N) is 1. The molecule has 4 aliphatic rings. The number of hydrogen-bond acceptors (Lipinski definition) is 9. The number of aliphatic hydroxyl groups is 1. The van der Waals surface area contributed by atoms with Gasteiger partial charge < -0.3 is 39.2 Å². The van der Waals surface area contributed by atoms with Crippen LogP contribution in [0.2, 0.25) is 0 Å². The van der Waals surface area contributed by atoms with Gasteiger partial charge in [0.2, 0.25) is 0 Å². The summed E-state index contributed by atoms with van der Waals surface area (Å²) in [6.07, 6.45) is 5.30. The summed E-state index contributed by atoms with van der Waals surface area (Å²) in [5.41, 5.74) is 2.35. The van der Waals surface area contributed by atoms with Crippen LogP contribution in [-0.2, 0) is 0 Å². The lowest BCUT2D eigenvalue weighted by Crippen LogP contribution is -2.37. The summed E-state index contributed by atoms with van der Waals surface area (Å²) in [6, 6.07) is 7.03. The highest BCUT2D eigenvalue weighted by atomic mass is 16.5. The van der Waals surface area contributed by atoms with Crippen molar-refractivity contribution in [3.05, 3.63) is 35.4 Å². The van der Waals surface area contributed by atoms with Gasteiger partial charge in [-0.2, -0.15) is 0 Å². The van der Waals surface area contributed by atoms with Gasteiger partial charge in [-0.25, -0.2) is 0 Å². The number of unbranched alkanes of at least 4 members (excludes halogenated alkanes) is 1. The van der Waals surface area contributed by atoms with Gasteiger partial charge in [0.05, 0.1) is 68.1 Å². The quantitative estimate of drug-likeness (QED) is 0.445. The van der Waals surface area contributed by atoms with E-state index in [1.807, 2.05) is 17.2 Å². The molecule has 0 spiro atoms. The molecular formula is C30H36N4O7. The molecule has 0 saturated carbocycles. The van der Waals surface area contributed by atoms with Crippen LogP contribution in [0, 0.1) is 0 Å². The molecule has 0 aromatic heterocycles. The third kappa shape index (κ3) is 5.26. The van der Waals surface area contributed by atoms with Crippen LogP contribution in [0.1, 0.15) is 52.8 Å². The summed E-state index contributed by atoms with van der Waals surface area (Å²) < 4.78 is 23.1. The van der Waals surface area contributed by atoms with Crippen molar-refractivity contribution in [2.75, 3.05) is 52.4 Å². The molecule has 11 heteroatoms. The molecule has 218 valence electrons. The van der Waals surface area contributed by atoms with E-state index in [0.29, 0.717) is 78.2 Å². The van der Waals surface area contributed by atoms with Crippen LogP contribution in [0.25, 0.3) is 0 Å². The number of anilines is 1. The molecule has 2 N–H and O–H groups in total. The first-order valence-electron chi connectivity index (χ1n) is 14.2. The standard InChI is InChI=1S/C30H36N4O7/c1-38-25-11-21-23(31-15-18-6-5-7-33(18)29(21)36)13-27(25)40-8-3-4-9-41-28-14-24-22(12-26(28)39-2)30(37)34-17-20(35)10-19(34)16-32-24/h11-15,18-20,32,35H,3-10,16-17H2,1-2H3/t18-,19-,20+/m0/s1. The molecular weight excluding hydrogens is 528 g/mol. The first kappa shape index (κ1) is 27.2. The van der Waals surface area contributed by atoms with E-state index in [1.165, 1.54) is 0 Å². The van der Waals surface area contributed by atoms with Gasteiger partial charge in [0.25, 0.3) is 11.8 Å². The van der Waals surface area contributed by atoms with Crippen molar-refractivity contribution in [2.24, 2.45) is 4.99 Å². The summed E-state index contributed by atoms with van der Waals surface area (Å²) in [7, 11) is 3.11. The number of aliphatic hydroxyl groups excluding tert-OH is 1. The molecule has 2 fully saturated rings. The van der Waals surface area contributed by atoms with Crippen molar-refractivity contribution < 1.29 is 33.6 Å². The van der Waals surface area contributed by atoms with E-state index >= 15 is 0 Å². The van der Waals surface area contributed by atoms with E-state index in [-0.39, 0.29) is 23.9 Å². The van der Waals surface area contributed by atoms with Crippen molar-refractivity contribution in [3.63, 3.8) is 0 Å². The molecule has 2 saturated heterocycles. The number of aliphatic imine (C=N–C) groups is 1. The third-order valence-electron chi connectivity index (χ3n) is 8.23. The molecule has 2 amide bonds. The highest BCUT2D eigenvalue weighted by molar-refractivity contribution is 6.03. The predicted molar refractivity (Wildman–Crippen MR) is 152 cm³/mol. The Morgan fingerprint density at radius 2 is 1.61 bits per heavy atom. The third-order valence-corrected chi connectivity index (χ3v) is 8.23. The first-order valence-corrected chi connectivity index (χ1v) is 14.2. The van der Waals surface area contributed by atoms with Crippen LogP contribution in [0.15, 0.2) is 29.3 Å². The Kier molecular flexibility index (Phi) is 7.61. The average molecular weight is 565 g/mol. The van der Waals surface area contributed by atoms with Crippen molar-refractivity contribution in [3.8, 4) is 23.0 Å². The number of ether oxygens (including phenoxy) is 4. The Bertz CT molecular complexity index is 1360. The molecule has 0 radical (unpaired) electrons. The predicted octanol–water partition coefficient (Wildman–Crippen LogP) is 3.26. The van der Waals surface area contributed by atoms with Crippen LogP contribution in [0.3, 0.4) is 0 Å². The van der Waals surface area contributed by atoms with Gasteiger partial charge >= 0.3 is 0 Å². The summed E-state index contributed by atoms with van der Waals surface area (Å²) in [5, 5.41) is 13.4. The van der Waals surface area contributed by atoms with Crippen molar-refractivity contribution in [1.29, 1.82) is 0 Å². The smallest absolute Gasteiger partial charge is 0.256 e. The number of methoxy groups -OCH3 is 2. The highest BCUT2D eigenvalue weighted by Crippen LogP contribution is 2.39. The minimum atomic E-state index is -0.491. The fourth-order valence-electron chi connectivity index (χ4n) is 6.06. The lowest BCUT2D eigenvalue weighted by Gasteiger charge is -2.21. The summed E-state index contributed by atoms with van der Waals surface area (Å²) in [4.78, 5) is 34.4. The Morgan fingerprint density at radius 1 is 0.927 bits per heavy atom. The zero-order valence-corrected chi connectivity index (χ0v) is 23.4. The number of carbonyl (C=O) groups is 2. The molecule has 4 heterocycles. The van der Waals surface area contributed by atoms with Crippen molar-refractivity contribution >= 4 is 29.4 Å². The average Bonchev–Trinajstić information content (AvgIpc) is 3.56. The first-order chi connectivity index (χ1) is 20.0. The fourth-order valence-corrected chi connectivity index (χ4v) is 6.06. The molecule has 0 aliphatic carbocycles. The zero-order chi connectivity index (χ0) is 28.5. The van der Waals surface area contributed by atoms with Gasteiger partial charge in [-0.15, -0.1) is 0 Å². The largest absolute Gasteiger partial charge is 0.493 e. The number of hydrogen-bond donors (Lipinski definition) is 2. The Morgan fingerprint density at radius 3 is 2.34 bits per heavy atom. The fraction of sp³-hybridized carbons (Fsp3) is 0.500. The Labute approximate surface area is 239 Å². The molecule has 4 aliphatic heterocycles. The van der Waals surface area contributed by atoms with Crippen molar-refractivity contribution in [1.82, 2.24) is 9.80 Å². The van der Waals surface area contributed by atoms with Gasteiger partial charge in [-0.1, -0.05) is 0 Å². The second kappa shape index (κ2) is 11.5. The maximum atomic E-state index is 13.1. The molecule has 3 atom stereocenters. The lowest BCUT2D eigenvalue weighted by atomic mass is 10.1. The van der Waals surface area contributed by atoms with E-state index in [2.05, 4.69) is 10.3 Å². The van der Waals surface area contributed by atoms with Gasteiger partial charge in [-0.3, -0.25) is 14.6 Å². The molecule has 6 rings (SSSR count). The SMILES string of the molecule is COc1cc2c(cc1OCCCCOc1cc3c(cc1OC)C(=O)N1C[C@H](O)C[C@H]1CN3)N=C[C@@H]1CCCN1C2=O. The van der Waals surface area contributed by atoms with E-state index in [1.54, 1.807) is 37.3 Å². The maximum absolute atomic E-state index is 13.1. The van der Waals surface area contributed by atoms with Crippen molar-refractivity contribution in [2.45, 2.75) is 50.3 Å². The van der Waals surface area contributed by atoms with Crippen LogP contribution in [-0.4, -0.2) is 98.2 Å². The lowest BCUT2D eigenvalue weighted by molar-refractivity contribution is 0.0727. The second-order valence-electron chi connectivity index (χ2n) is 10.8. The Balaban J connectivity index is 1.05. The van der Waals surface area contributed by atoms with E-state index in [0.717, 1.165) is 32.2 Å². The molecule has 0 unspecified atom stereocenters. The molecule has 41 heavy (non-hydrogen) atoms. The summed E-state index contributed by atoms with van der Waals surface area (Å²) in [6.45, 7) is 2.53. The number of benzene rings is 2. The summed E-state index contributed by atoms with van der Waals surface area (Å²) >= 11 is 0. The monoisotopic (exact) mass is 564 g/mol. The highest BCUT2D eigenvalue weighted by Gasteiger charge is 2.38. The molecule has 2 aromatic rings. The minimum absolute atomic E-state index is 0.0195. The topological polar surface area (TPSA) is 122 Å². The van der Waals surface area contributed by atoms with E-state index in [9.17, 15) is 14.7 Å². The maximum Gasteiger partial charge on any atom is 0.256 e. The van der Waals surface area contributed by atoms with Crippen LogP contribution in [0.4, 0.5) is 11.4 Å². The number of carbonyl (C=O) groups excluding carboxylic acids is 2. The zero-order valence-electron chi connectivity index (χ0n) is 23.4. The van der Waals surface area contributed by atoms with Crippen LogP contribution < -0.4 is 24.3 Å². The number of amides is 2. The van der Waals surface area contributed by atoms with E-state index < -0.39 is 6.10 Å². The molecule has 11 nitrogen and oxygen atoms in total. The Hall–Kier alpha value is -3.99. The van der Waals surface area contributed by atoms with E-state index in [4.69, 9.17) is 18.9 Å². The number of nitrogens with zero attached hydrogens (tertiary/aromatic N) is 3.